The lowest BCUT2D eigenvalue weighted by Crippen LogP contribution is -2.63. The van der Waals surface area contributed by atoms with E-state index in [0.717, 1.165) is 57.6 Å². The Kier molecular flexibility index (Phi) is 13.5. The van der Waals surface area contributed by atoms with Gasteiger partial charge in [0.2, 0.25) is 27.6 Å². The first-order valence-electron chi connectivity index (χ1n) is 19.6. The zero-order valence-corrected chi connectivity index (χ0v) is 34.2. The maximum Gasteiger partial charge on any atom is 0.315 e. The maximum atomic E-state index is 15.1. The number of nitrogens with zero attached hydrogens (tertiary/aromatic N) is 2. The molecule has 0 aromatic rings. The smallest absolute Gasteiger partial charge is 0.315 e. The molecule has 3 aliphatic carbocycles. The number of hydrogen-bond acceptors (Lipinski definition) is 7. The van der Waals surface area contributed by atoms with Gasteiger partial charge in [0.25, 0.3) is 5.91 Å². The summed E-state index contributed by atoms with van der Waals surface area (Å²) >= 11 is 0. The van der Waals surface area contributed by atoms with Crippen LogP contribution >= 0.6 is 0 Å². The van der Waals surface area contributed by atoms with Crippen LogP contribution in [0, 0.1) is 34.0 Å². The third-order valence-corrected chi connectivity index (χ3v) is 14.2. The molecule has 14 heteroatoms. The second kappa shape index (κ2) is 16.8. The molecular weight excluding hydrogens is 697 g/mol. The topological polar surface area (TPSA) is 174 Å². The minimum atomic E-state index is -3.51. The number of carbonyl (C=O) groups is 5. The third-order valence-electron chi connectivity index (χ3n) is 13.0. The van der Waals surface area contributed by atoms with Gasteiger partial charge >= 0.3 is 6.03 Å². The number of likely N-dealkylation sites (tertiary alicyclic amines) is 1. The summed E-state index contributed by atoms with van der Waals surface area (Å²) in [6.45, 7) is 16.2. The normalized spacial score (nSPS) is 25.7. The van der Waals surface area contributed by atoms with E-state index < -0.39 is 68.6 Å². The van der Waals surface area contributed by atoms with E-state index in [9.17, 15) is 27.6 Å². The molecule has 0 aromatic carbocycles. The molecule has 1 aliphatic heterocycles. The molecule has 13 nitrogen and oxygen atoms in total. The van der Waals surface area contributed by atoms with Crippen LogP contribution in [0.25, 0.3) is 0 Å². The van der Waals surface area contributed by atoms with Crippen LogP contribution in [-0.2, 0) is 29.2 Å². The van der Waals surface area contributed by atoms with Crippen LogP contribution in [0.3, 0.4) is 0 Å². The van der Waals surface area contributed by atoms with E-state index in [-0.39, 0.29) is 42.2 Å². The molecule has 6 atom stereocenters. The molecule has 4 rings (SSSR count). The number of sulfonamides is 1. The van der Waals surface area contributed by atoms with Gasteiger partial charge in [-0.25, -0.2) is 17.5 Å². The average molecular weight is 763 g/mol. The first kappa shape index (κ1) is 42.7. The lowest BCUT2D eigenvalue weighted by Gasteiger charge is -2.43. The summed E-state index contributed by atoms with van der Waals surface area (Å²) in [4.78, 5) is 71.5. The largest absolute Gasteiger partial charge is 0.346 e. The van der Waals surface area contributed by atoms with Crippen molar-refractivity contribution in [3.05, 3.63) is 12.7 Å². The number of rotatable bonds is 15. The SMILES string of the molecule is C=CCNC(=O)C(=O)C(CC1CCC1)NC(=O)[C@@H]1[C@H]2CCC(C)(C)[C@H]2CN1C(=O)[C@@H](NC(=O)NC(CN(C)S(C)(=O)=O)C(C)(C)C)C1(C)CCCCC1. The molecule has 53 heavy (non-hydrogen) atoms. The summed E-state index contributed by atoms with van der Waals surface area (Å²) in [5, 5.41) is 11.5. The molecule has 300 valence electrons. The van der Waals surface area contributed by atoms with Crippen LogP contribution in [-0.4, -0.2) is 104 Å². The number of fused-ring (bicyclic) bond motifs is 1. The Balaban J connectivity index is 1.65. The monoisotopic (exact) mass is 762 g/mol. The highest BCUT2D eigenvalue weighted by Crippen LogP contribution is 2.53. The van der Waals surface area contributed by atoms with E-state index >= 15 is 4.79 Å². The van der Waals surface area contributed by atoms with Gasteiger partial charge in [-0.05, 0) is 66.1 Å². The number of urea groups is 1. The Morgan fingerprint density at radius 3 is 2.13 bits per heavy atom. The van der Waals surface area contributed by atoms with Crippen molar-refractivity contribution in [2.75, 3.05) is 32.9 Å². The first-order chi connectivity index (χ1) is 24.6. The molecule has 4 N–H and O–H groups in total. The molecule has 0 radical (unpaired) electrons. The number of likely N-dealkylation sites (N-methyl/N-ethyl adjacent to an activating group) is 1. The van der Waals surface area contributed by atoms with E-state index in [4.69, 9.17) is 0 Å². The van der Waals surface area contributed by atoms with Crippen LogP contribution in [0.5, 0.6) is 0 Å². The van der Waals surface area contributed by atoms with E-state index in [0.29, 0.717) is 25.8 Å². The molecule has 0 bridgehead atoms. The molecule has 2 unspecified atom stereocenters. The molecule has 5 amide bonds. The summed E-state index contributed by atoms with van der Waals surface area (Å²) in [6, 6.07) is -3.98. The van der Waals surface area contributed by atoms with Crippen molar-refractivity contribution in [2.24, 2.45) is 34.0 Å². The van der Waals surface area contributed by atoms with Crippen molar-refractivity contribution in [3.8, 4) is 0 Å². The van der Waals surface area contributed by atoms with E-state index in [1.165, 1.54) is 17.4 Å². The minimum Gasteiger partial charge on any atom is -0.346 e. The molecular formula is C39H66N6O7S. The fourth-order valence-corrected chi connectivity index (χ4v) is 9.37. The second-order valence-corrected chi connectivity index (χ2v) is 20.5. The second-order valence-electron chi connectivity index (χ2n) is 18.4. The highest BCUT2D eigenvalue weighted by atomic mass is 32.2. The van der Waals surface area contributed by atoms with Gasteiger partial charge in [0, 0.05) is 32.7 Å². The number of amides is 5. The Labute approximate surface area is 317 Å². The average Bonchev–Trinajstić information content (AvgIpc) is 3.58. The van der Waals surface area contributed by atoms with E-state index in [1.807, 2.05) is 27.7 Å². The zero-order chi connectivity index (χ0) is 39.5. The van der Waals surface area contributed by atoms with Crippen molar-refractivity contribution >= 4 is 39.6 Å². The number of ketones is 1. The summed E-state index contributed by atoms with van der Waals surface area (Å²) < 4.78 is 25.8. The van der Waals surface area contributed by atoms with Crippen molar-refractivity contribution in [2.45, 2.75) is 136 Å². The Hall–Kier alpha value is -3.00. The van der Waals surface area contributed by atoms with Gasteiger partial charge in [-0.1, -0.05) is 86.1 Å². The summed E-state index contributed by atoms with van der Waals surface area (Å²) in [7, 11) is -2.04. The fraction of sp³-hybridized carbons (Fsp3) is 0.821. The van der Waals surface area contributed by atoms with Gasteiger partial charge in [-0.2, -0.15) is 0 Å². The first-order valence-corrected chi connectivity index (χ1v) is 21.5. The Morgan fingerprint density at radius 2 is 1.58 bits per heavy atom. The maximum absolute atomic E-state index is 15.1. The van der Waals surface area contributed by atoms with Crippen LogP contribution in [0.15, 0.2) is 12.7 Å². The predicted octanol–water partition coefficient (Wildman–Crippen LogP) is 3.74. The standard InChI is InChI=1S/C39H66N6O7S/c1-10-21-40-34(48)31(46)28(22-25-15-14-16-25)41-33(47)30-26-17-20-38(5,6)27(26)23-45(30)35(49)32(39(7)18-12-11-13-19-39)43-36(50)42-29(37(2,3)4)24-44(8)53(9,51)52/h10,25-30,32H,1,11-24H2,2-9H3,(H,40,48)(H,41,47)(H2,42,43,50)/t26-,27-,28?,29?,30-,32+/m0/s1. The molecule has 4 aliphatic rings. The molecule has 1 saturated heterocycles. The van der Waals surface area contributed by atoms with E-state index in [1.54, 1.807) is 4.90 Å². The van der Waals surface area contributed by atoms with Crippen molar-refractivity contribution < 1.29 is 32.4 Å². The summed E-state index contributed by atoms with van der Waals surface area (Å²) in [5.41, 5.74) is -1.24. The predicted molar refractivity (Wildman–Crippen MR) is 205 cm³/mol. The summed E-state index contributed by atoms with van der Waals surface area (Å²) in [5.74, 6) is -2.13. The van der Waals surface area contributed by atoms with Gasteiger partial charge in [-0.3, -0.25) is 19.2 Å². The Bertz CT molecular complexity index is 1500. The fourth-order valence-electron chi connectivity index (χ4n) is 8.95. The number of Topliss-reactive ketones (excluding diaryl/α,β-unsaturated/α-hetero) is 1. The van der Waals surface area contributed by atoms with Gasteiger partial charge in [0.05, 0.1) is 12.3 Å². The highest BCUT2D eigenvalue weighted by molar-refractivity contribution is 7.88. The lowest BCUT2D eigenvalue weighted by molar-refractivity contribution is -0.145. The minimum absolute atomic E-state index is 0.0318. The number of hydrogen-bond donors (Lipinski definition) is 4. The number of carbonyl (C=O) groups excluding carboxylic acids is 5. The van der Waals surface area contributed by atoms with Crippen LogP contribution in [0.2, 0.25) is 0 Å². The third kappa shape index (κ3) is 10.2. The van der Waals surface area contributed by atoms with Crippen molar-refractivity contribution in [1.82, 2.24) is 30.5 Å². The Morgan fingerprint density at radius 1 is 0.943 bits per heavy atom. The zero-order valence-electron chi connectivity index (χ0n) is 33.4. The van der Waals surface area contributed by atoms with E-state index in [2.05, 4.69) is 41.7 Å². The molecule has 1 heterocycles. The molecule has 4 fully saturated rings. The van der Waals surface area contributed by atoms with Gasteiger partial charge in [0.15, 0.2) is 0 Å². The van der Waals surface area contributed by atoms with Gasteiger partial charge in [0.1, 0.15) is 12.1 Å². The van der Waals surface area contributed by atoms with Crippen LogP contribution in [0.1, 0.15) is 112 Å². The number of nitrogens with one attached hydrogen (secondary N) is 4. The van der Waals surface area contributed by atoms with Crippen LogP contribution in [0.4, 0.5) is 4.79 Å². The van der Waals surface area contributed by atoms with Crippen LogP contribution < -0.4 is 21.3 Å². The van der Waals surface area contributed by atoms with Gasteiger partial charge < -0.3 is 26.2 Å². The highest BCUT2D eigenvalue weighted by Gasteiger charge is 2.58. The van der Waals surface area contributed by atoms with Crippen molar-refractivity contribution in [1.29, 1.82) is 0 Å². The van der Waals surface area contributed by atoms with Crippen molar-refractivity contribution in [3.63, 3.8) is 0 Å². The molecule has 0 aromatic heterocycles. The molecule has 0 spiro atoms. The summed E-state index contributed by atoms with van der Waals surface area (Å²) in [6.07, 6.45) is 11.7. The van der Waals surface area contributed by atoms with Gasteiger partial charge in [-0.15, -0.1) is 6.58 Å². The lowest BCUT2D eigenvalue weighted by atomic mass is 9.70. The molecule has 3 saturated carbocycles. The quantitative estimate of drug-likeness (QED) is 0.145.